The summed E-state index contributed by atoms with van der Waals surface area (Å²) in [5, 5.41) is 0.732. The summed E-state index contributed by atoms with van der Waals surface area (Å²) in [4.78, 5) is 28.9. The lowest BCUT2D eigenvalue weighted by Gasteiger charge is -2.46. The topological polar surface area (TPSA) is 66.6 Å². The third-order valence-corrected chi connectivity index (χ3v) is 6.86. The minimum absolute atomic E-state index is 0.0797. The Bertz CT molecular complexity index is 715. The van der Waals surface area contributed by atoms with Gasteiger partial charge >= 0.3 is 0 Å². The molecular weight excluding hydrogens is 350 g/mol. The highest BCUT2D eigenvalue weighted by Crippen LogP contribution is 2.41. The highest BCUT2D eigenvalue weighted by atomic mass is 35.5. The van der Waals surface area contributed by atoms with E-state index in [-0.39, 0.29) is 35.9 Å². The molecule has 1 saturated carbocycles. The molecule has 2 saturated heterocycles. The van der Waals surface area contributed by atoms with Crippen molar-refractivity contribution in [2.24, 2.45) is 5.73 Å². The van der Waals surface area contributed by atoms with Gasteiger partial charge in [0.1, 0.15) is 12.6 Å². The summed E-state index contributed by atoms with van der Waals surface area (Å²) in [7, 11) is 0. The summed E-state index contributed by atoms with van der Waals surface area (Å²) in [5.74, 6) is 0.257. The molecule has 0 aromatic heterocycles. The van der Waals surface area contributed by atoms with Crippen LogP contribution in [0.2, 0.25) is 5.02 Å². The fourth-order valence-corrected chi connectivity index (χ4v) is 5.22. The van der Waals surface area contributed by atoms with Gasteiger partial charge in [0.2, 0.25) is 11.8 Å². The van der Waals surface area contributed by atoms with Crippen molar-refractivity contribution in [1.29, 1.82) is 0 Å². The van der Waals surface area contributed by atoms with Crippen LogP contribution < -0.4 is 5.73 Å². The van der Waals surface area contributed by atoms with Crippen LogP contribution in [0.5, 0.6) is 0 Å². The van der Waals surface area contributed by atoms with Crippen molar-refractivity contribution in [2.45, 2.75) is 56.0 Å². The molecule has 6 heteroatoms. The van der Waals surface area contributed by atoms with Crippen molar-refractivity contribution >= 4 is 23.4 Å². The second-order valence-corrected chi connectivity index (χ2v) is 8.37. The summed E-state index contributed by atoms with van der Waals surface area (Å²) in [5.41, 5.74) is 7.29. The van der Waals surface area contributed by atoms with E-state index in [1.807, 2.05) is 23.1 Å². The smallest absolute Gasteiger partial charge is 0.246 e. The van der Waals surface area contributed by atoms with Crippen LogP contribution >= 0.6 is 11.6 Å². The average molecular weight is 376 g/mol. The normalized spacial score (nSPS) is 32.1. The zero-order valence-electron chi connectivity index (χ0n) is 15.0. The Hall–Kier alpha value is -1.59. The SMILES string of the molecule is NC[C@]1(c2cccc(Cl)c2)CC[C@@H](N2CC(=O)N3CCC[C@@H]3C2=O)CC1. The Balaban J connectivity index is 1.49. The molecule has 26 heavy (non-hydrogen) atoms. The molecule has 2 amide bonds. The van der Waals surface area contributed by atoms with Crippen LogP contribution in [-0.2, 0) is 15.0 Å². The van der Waals surface area contributed by atoms with Crippen LogP contribution in [0.1, 0.15) is 44.1 Å². The monoisotopic (exact) mass is 375 g/mol. The van der Waals surface area contributed by atoms with Gasteiger partial charge in [-0.15, -0.1) is 0 Å². The lowest BCUT2D eigenvalue weighted by Crippen LogP contribution is -2.61. The van der Waals surface area contributed by atoms with E-state index in [0.29, 0.717) is 6.54 Å². The van der Waals surface area contributed by atoms with Gasteiger partial charge in [-0.25, -0.2) is 0 Å². The number of amides is 2. The van der Waals surface area contributed by atoms with Crippen molar-refractivity contribution in [3.05, 3.63) is 34.9 Å². The zero-order valence-corrected chi connectivity index (χ0v) is 15.8. The Morgan fingerprint density at radius 2 is 1.92 bits per heavy atom. The molecule has 140 valence electrons. The van der Waals surface area contributed by atoms with Crippen molar-refractivity contribution in [2.75, 3.05) is 19.6 Å². The molecule has 1 atom stereocenters. The molecule has 0 radical (unpaired) electrons. The van der Waals surface area contributed by atoms with Gasteiger partial charge in [-0.3, -0.25) is 9.59 Å². The van der Waals surface area contributed by atoms with E-state index in [1.54, 1.807) is 4.90 Å². The third kappa shape index (κ3) is 2.91. The van der Waals surface area contributed by atoms with Gasteiger partial charge in [-0.05, 0) is 56.2 Å². The van der Waals surface area contributed by atoms with Gasteiger partial charge < -0.3 is 15.5 Å². The Morgan fingerprint density at radius 3 is 2.62 bits per heavy atom. The van der Waals surface area contributed by atoms with Crippen molar-refractivity contribution < 1.29 is 9.59 Å². The molecule has 3 aliphatic rings. The summed E-state index contributed by atoms with van der Waals surface area (Å²) in [6.45, 7) is 1.55. The van der Waals surface area contributed by atoms with Gasteiger partial charge in [0, 0.05) is 29.6 Å². The predicted octanol–water partition coefficient (Wildman–Crippen LogP) is 2.31. The van der Waals surface area contributed by atoms with Crippen molar-refractivity contribution in [3.8, 4) is 0 Å². The fourth-order valence-electron chi connectivity index (χ4n) is 5.03. The van der Waals surface area contributed by atoms with Crippen molar-refractivity contribution in [1.82, 2.24) is 9.80 Å². The highest BCUT2D eigenvalue weighted by Gasteiger charge is 2.46. The van der Waals surface area contributed by atoms with E-state index in [0.717, 1.165) is 50.1 Å². The maximum atomic E-state index is 12.9. The standard InChI is InChI=1S/C20H26ClN3O2/c21-15-4-1-3-14(11-15)20(13-22)8-6-16(7-9-20)24-12-18(25)23-10-2-5-17(23)19(24)26/h1,3-4,11,16-17H,2,5-10,12-13,22H2/t16-,17-,20+/m1/s1. The number of fused-ring (bicyclic) bond motifs is 1. The summed E-state index contributed by atoms with van der Waals surface area (Å²) in [6, 6.07) is 7.90. The number of hydrogen-bond acceptors (Lipinski definition) is 3. The molecule has 1 aromatic carbocycles. The Morgan fingerprint density at radius 1 is 1.15 bits per heavy atom. The molecule has 2 N–H and O–H groups in total. The van der Waals surface area contributed by atoms with Gasteiger partial charge in [-0.1, -0.05) is 23.7 Å². The number of benzene rings is 1. The summed E-state index contributed by atoms with van der Waals surface area (Å²) < 4.78 is 0. The number of carbonyl (C=O) groups excluding carboxylic acids is 2. The molecule has 1 aliphatic carbocycles. The van der Waals surface area contributed by atoms with E-state index in [9.17, 15) is 9.59 Å². The van der Waals surface area contributed by atoms with Crippen LogP contribution in [0.3, 0.4) is 0 Å². The van der Waals surface area contributed by atoms with Crippen molar-refractivity contribution in [3.63, 3.8) is 0 Å². The number of nitrogens with zero attached hydrogens (tertiary/aromatic N) is 2. The van der Waals surface area contributed by atoms with Crippen LogP contribution in [0.25, 0.3) is 0 Å². The number of rotatable bonds is 3. The lowest BCUT2D eigenvalue weighted by atomic mass is 9.68. The number of halogens is 1. The molecule has 2 heterocycles. The first-order valence-corrected chi connectivity index (χ1v) is 9.98. The Labute approximate surface area is 159 Å². The summed E-state index contributed by atoms with van der Waals surface area (Å²) in [6.07, 6.45) is 5.35. The second kappa shape index (κ2) is 6.86. The fraction of sp³-hybridized carbons (Fsp3) is 0.600. The number of carbonyl (C=O) groups is 2. The largest absolute Gasteiger partial charge is 0.330 e. The number of piperazine rings is 1. The lowest BCUT2D eigenvalue weighted by molar-refractivity contribution is -0.156. The quantitative estimate of drug-likeness (QED) is 0.881. The maximum absolute atomic E-state index is 12.9. The number of hydrogen-bond donors (Lipinski definition) is 1. The van der Waals surface area contributed by atoms with Crippen LogP contribution in [0.4, 0.5) is 0 Å². The first-order chi connectivity index (χ1) is 12.5. The van der Waals surface area contributed by atoms with E-state index in [4.69, 9.17) is 17.3 Å². The predicted molar refractivity (Wildman–Crippen MR) is 101 cm³/mol. The molecule has 2 aliphatic heterocycles. The minimum Gasteiger partial charge on any atom is -0.330 e. The van der Waals surface area contributed by atoms with Crippen LogP contribution in [-0.4, -0.2) is 53.3 Å². The minimum atomic E-state index is -0.217. The third-order valence-electron chi connectivity index (χ3n) is 6.63. The number of nitrogens with two attached hydrogens (primary N) is 1. The van der Waals surface area contributed by atoms with E-state index in [2.05, 4.69) is 6.07 Å². The Kier molecular flexibility index (Phi) is 4.70. The first-order valence-electron chi connectivity index (χ1n) is 9.60. The molecule has 0 bridgehead atoms. The van der Waals surface area contributed by atoms with Gasteiger partial charge in [0.05, 0.1) is 0 Å². The molecule has 4 rings (SSSR count). The molecule has 0 unspecified atom stereocenters. The summed E-state index contributed by atoms with van der Waals surface area (Å²) >= 11 is 6.18. The average Bonchev–Trinajstić information content (AvgIpc) is 3.16. The van der Waals surface area contributed by atoms with E-state index in [1.165, 1.54) is 5.56 Å². The highest BCUT2D eigenvalue weighted by molar-refractivity contribution is 6.30. The van der Waals surface area contributed by atoms with Gasteiger partial charge in [0.25, 0.3) is 0 Å². The van der Waals surface area contributed by atoms with Crippen LogP contribution in [0, 0.1) is 0 Å². The van der Waals surface area contributed by atoms with Gasteiger partial charge in [0.15, 0.2) is 0 Å². The zero-order chi connectivity index (χ0) is 18.3. The van der Waals surface area contributed by atoms with E-state index >= 15 is 0 Å². The van der Waals surface area contributed by atoms with E-state index < -0.39 is 0 Å². The first kappa shape index (κ1) is 17.8. The van der Waals surface area contributed by atoms with Gasteiger partial charge in [-0.2, -0.15) is 0 Å². The van der Waals surface area contributed by atoms with Crippen LogP contribution in [0.15, 0.2) is 24.3 Å². The molecule has 0 spiro atoms. The maximum Gasteiger partial charge on any atom is 0.246 e. The molecule has 1 aromatic rings. The second-order valence-electron chi connectivity index (χ2n) is 7.94. The molecule has 5 nitrogen and oxygen atoms in total. The molecule has 3 fully saturated rings. The molecular formula is C20H26ClN3O2.